The number of rotatable bonds is 4. The predicted octanol–water partition coefficient (Wildman–Crippen LogP) is 3.89. The lowest BCUT2D eigenvalue weighted by molar-refractivity contribution is 1.12. The van der Waals surface area contributed by atoms with Gasteiger partial charge in [0, 0.05) is 0 Å². The summed E-state index contributed by atoms with van der Waals surface area (Å²) in [5.41, 5.74) is 0. The van der Waals surface area contributed by atoms with Crippen LogP contribution < -0.4 is 5.19 Å². The van der Waals surface area contributed by atoms with Crippen molar-refractivity contribution in [2.24, 2.45) is 0 Å². The second-order valence-corrected chi connectivity index (χ2v) is 8.95. The molecule has 0 aliphatic heterocycles. The zero-order chi connectivity index (χ0) is 11.3. The number of hydrogen-bond donors (Lipinski definition) is 0. The van der Waals surface area contributed by atoms with Gasteiger partial charge in [0.15, 0.2) is 0 Å². The SMILES string of the molecule is CC/C=C(\CC)[Si](C)(C)c1ccccc1. The lowest BCUT2D eigenvalue weighted by Gasteiger charge is -2.26. The molecular weight excluding hydrogens is 196 g/mol. The number of hydrogen-bond acceptors (Lipinski definition) is 0. The van der Waals surface area contributed by atoms with Gasteiger partial charge >= 0.3 is 0 Å². The zero-order valence-corrected chi connectivity index (χ0v) is 11.4. The Labute approximate surface area is 95.0 Å². The molecule has 0 atom stereocenters. The Morgan fingerprint density at radius 3 is 2.20 bits per heavy atom. The van der Waals surface area contributed by atoms with Gasteiger partial charge in [0.05, 0.1) is 0 Å². The molecule has 0 amide bonds. The molecular formula is C14H22Si. The van der Waals surface area contributed by atoms with Crippen LogP contribution in [0.4, 0.5) is 0 Å². The van der Waals surface area contributed by atoms with Crippen molar-refractivity contribution in [1.29, 1.82) is 0 Å². The van der Waals surface area contributed by atoms with Crippen molar-refractivity contribution in [3.05, 3.63) is 41.6 Å². The van der Waals surface area contributed by atoms with E-state index >= 15 is 0 Å². The summed E-state index contributed by atoms with van der Waals surface area (Å²) in [6.45, 7) is 9.41. The Morgan fingerprint density at radius 2 is 1.73 bits per heavy atom. The van der Waals surface area contributed by atoms with E-state index in [4.69, 9.17) is 0 Å². The maximum absolute atomic E-state index is 2.45. The van der Waals surface area contributed by atoms with E-state index in [0.717, 1.165) is 6.42 Å². The molecule has 0 bridgehead atoms. The van der Waals surface area contributed by atoms with Crippen LogP contribution in [0.2, 0.25) is 13.1 Å². The van der Waals surface area contributed by atoms with E-state index in [0.29, 0.717) is 0 Å². The maximum atomic E-state index is 2.45. The maximum Gasteiger partial charge on any atom is 0.107 e. The highest BCUT2D eigenvalue weighted by Crippen LogP contribution is 2.18. The smallest absolute Gasteiger partial charge is 0.0891 e. The van der Waals surface area contributed by atoms with Crippen molar-refractivity contribution >= 4 is 13.3 Å². The van der Waals surface area contributed by atoms with Crippen molar-refractivity contribution in [2.75, 3.05) is 0 Å². The molecule has 15 heavy (non-hydrogen) atoms. The summed E-state index contributed by atoms with van der Waals surface area (Å²) < 4.78 is 0. The second kappa shape index (κ2) is 5.31. The third-order valence-corrected chi connectivity index (χ3v) is 7.07. The summed E-state index contributed by atoms with van der Waals surface area (Å²) in [5.74, 6) is 0. The Kier molecular flexibility index (Phi) is 4.34. The van der Waals surface area contributed by atoms with Gasteiger partial charge in [-0.25, -0.2) is 0 Å². The first kappa shape index (κ1) is 12.2. The van der Waals surface area contributed by atoms with Gasteiger partial charge in [-0.05, 0) is 12.8 Å². The van der Waals surface area contributed by atoms with E-state index in [9.17, 15) is 0 Å². The third kappa shape index (κ3) is 2.82. The lowest BCUT2D eigenvalue weighted by atomic mass is 10.3. The monoisotopic (exact) mass is 218 g/mol. The molecule has 0 radical (unpaired) electrons. The summed E-state index contributed by atoms with van der Waals surface area (Å²) in [6, 6.07) is 11.0. The van der Waals surface area contributed by atoms with E-state index in [-0.39, 0.29) is 0 Å². The highest BCUT2D eigenvalue weighted by molar-refractivity contribution is 6.95. The summed E-state index contributed by atoms with van der Waals surface area (Å²) >= 11 is 0. The molecule has 0 spiro atoms. The first-order valence-electron chi connectivity index (χ1n) is 5.88. The molecule has 1 aromatic carbocycles. The van der Waals surface area contributed by atoms with Crippen LogP contribution in [0.15, 0.2) is 41.6 Å². The normalized spacial score (nSPS) is 12.9. The highest BCUT2D eigenvalue weighted by atomic mass is 28.3. The van der Waals surface area contributed by atoms with Gasteiger partial charge < -0.3 is 0 Å². The topological polar surface area (TPSA) is 0 Å². The van der Waals surface area contributed by atoms with E-state index < -0.39 is 8.07 Å². The summed E-state index contributed by atoms with van der Waals surface area (Å²) in [5, 5.41) is 3.22. The van der Waals surface area contributed by atoms with Crippen LogP contribution >= 0.6 is 0 Å². The van der Waals surface area contributed by atoms with Crippen LogP contribution in [0, 0.1) is 0 Å². The van der Waals surface area contributed by atoms with Crippen LogP contribution in [-0.4, -0.2) is 8.07 Å². The third-order valence-electron chi connectivity index (χ3n) is 3.13. The van der Waals surface area contributed by atoms with Gasteiger partial charge in [-0.2, -0.15) is 0 Å². The van der Waals surface area contributed by atoms with E-state index in [1.54, 1.807) is 10.4 Å². The molecule has 0 saturated carbocycles. The van der Waals surface area contributed by atoms with Gasteiger partial charge in [0.2, 0.25) is 0 Å². The van der Waals surface area contributed by atoms with Crippen LogP contribution in [0.25, 0.3) is 0 Å². The van der Waals surface area contributed by atoms with E-state index in [2.05, 4.69) is 63.3 Å². The van der Waals surface area contributed by atoms with Crippen molar-refractivity contribution in [3.8, 4) is 0 Å². The molecule has 1 rings (SSSR count). The first-order valence-corrected chi connectivity index (χ1v) is 8.88. The second-order valence-electron chi connectivity index (χ2n) is 4.48. The summed E-state index contributed by atoms with van der Waals surface area (Å²) in [4.78, 5) is 0. The Bertz CT molecular complexity index is 322. The van der Waals surface area contributed by atoms with Crippen LogP contribution in [0.1, 0.15) is 26.7 Å². The standard InChI is InChI=1S/C14H22Si/c1-5-10-13(6-2)15(3,4)14-11-8-7-9-12-14/h7-12H,5-6H2,1-4H3/b13-10+. The van der Waals surface area contributed by atoms with Crippen LogP contribution in [0.5, 0.6) is 0 Å². The van der Waals surface area contributed by atoms with Crippen LogP contribution in [-0.2, 0) is 0 Å². The van der Waals surface area contributed by atoms with E-state index in [1.807, 2.05) is 0 Å². The first-order chi connectivity index (χ1) is 7.12. The van der Waals surface area contributed by atoms with Gasteiger partial charge in [0.1, 0.15) is 8.07 Å². The van der Waals surface area contributed by atoms with Crippen LogP contribution in [0.3, 0.4) is 0 Å². The molecule has 0 nitrogen and oxygen atoms in total. The molecule has 0 N–H and O–H groups in total. The molecule has 0 aliphatic carbocycles. The average Bonchev–Trinajstić information content (AvgIpc) is 2.27. The fraction of sp³-hybridized carbons (Fsp3) is 0.429. The Morgan fingerprint density at radius 1 is 1.13 bits per heavy atom. The Hall–Kier alpha value is -0.823. The van der Waals surface area contributed by atoms with Crippen molar-refractivity contribution in [2.45, 2.75) is 39.8 Å². The number of allylic oxidation sites excluding steroid dienone is 2. The van der Waals surface area contributed by atoms with Gasteiger partial charge in [-0.3, -0.25) is 0 Å². The molecule has 0 fully saturated rings. The fourth-order valence-corrected chi connectivity index (χ4v) is 5.12. The molecule has 0 heterocycles. The van der Waals surface area contributed by atoms with Gasteiger partial charge in [-0.15, -0.1) is 0 Å². The molecule has 0 unspecified atom stereocenters. The lowest BCUT2D eigenvalue weighted by Crippen LogP contribution is -2.43. The number of benzene rings is 1. The minimum atomic E-state index is -1.37. The molecule has 1 aromatic rings. The van der Waals surface area contributed by atoms with Gasteiger partial charge in [-0.1, -0.05) is 73.7 Å². The largest absolute Gasteiger partial charge is 0.107 e. The molecule has 82 valence electrons. The summed E-state index contributed by atoms with van der Waals surface area (Å²) in [7, 11) is -1.37. The molecule has 0 aliphatic rings. The minimum Gasteiger partial charge on any atom is -0.0891 e. The quantitative estimate of drug-likeness (QED) is 0.673. The Balaban J connectivity index is 3.06. The zero-order valence-electron chi connectivity index (χ0n) is 10.4. The van der Waals surface area contributed by atoms with Crippen molar-refractivity contribution in [3.63, 3.8) is 0 Å². The van der Waals surface area contributed by atoms with Gasteiger partial charge in [0.25, 0.3) is 0 Å². The fourth-order valence-electron chi connectivity index (χ4n) is 2.13. The average molecular weight is 218 g/mol. The highest BCUT2D eigenvalue weighted by Gasteiger charge is 2.26. The molecule has 0 aromatic heterocycles. The van der Waals surface area contributed by atoms with Crippen molar-refractivity contribution in [1.82, 2.24) is 0 Å². The molecule has 1 heteroatoms. The minimum absolute atomic E-state index is 1.16. The van der Waals surface area contributed by atoms with Crippen molar-refractivity contribution < 1.29 is 0 Å². The predicted molar refractivity (Wildman–Crippen MR) is 72.2 cm³/mol. The molecule has 0 saturated heterocycles. The summed E-state index contributed by atoms with van der Waals surface area (Å²) in [6.07, 6.45) is 4.79. The van der Waals surface area contributed by atoms with E-state index in [1.165, 1.54) is 6.42 Å².